The molecular formula is C16H14ClN5O2. The fourth-order valence-electron chi connectivity index (χ4n) is 2.63. The van der Waals surface area contributed by atoms with Crippen LogP contribution in [0.5, 0.6) is 0 Å². The van der Waals surface area contributed by atoms with E-state index in [1.54, 1.807) is 4.57 Å². The van der Waals surface area contributed by atoms with Gasteiger partial charge < -0.3 is 4.57 Å². The maximum Gasteiger partial charge on any atom is 0.333 e. The minimum atomic E-state index is -0.585. The van der Waals surface area contributed by atoms with Gasteiger partial charge in [0.2, 0.25) is 5.28 Å². The van der Waals surface area contributed by atoms with Crippen molar-refractivity contribution in [2.75, 3.05) is 0 Å². The molecule has 0 atom stereocenters. The maximum absolute atomic E-state index is 12.5. The van der Waals surface area contributed by atoms with Crippen LogP contribution >= 0.6 is 11.6 Å². The van der Waals surface area contributed by atoms with E-state index >= 15 is 0 Å². The fraction of sp³-hybridized carbons (Fsp3) is 0.250. The molecule has 1 aromatic carbocycles. The Labute approximate surface area is 142 Å². The van der Waals surface area contributed by atoms with Gasteiger partial charge in [-0.3, -0.25) is 13.9 Å². The van der Waals surface area contributed by atoms with E-state index in [1.165, 1.54) is 7.05 Å². The first-order valence-corrected chi connectivity index (χ1v) is 7.69. The van der Waals surface area contributed by atoms with Gasteiger partial charge in [0.15, 0.2) is 11.2 Å². The van der Waals surface area contributed by atoms with Crippen molar-refractivity contribution in [2.24, 2.45) is 7.05 Å². The molecule has 7 nitrogen and oxygen atoms in total. The van der Waals surface area contributed by atoms with Crippen LogP contribution in [-0.2, 0) is 26.6 Å². The van der Waals surface area contributed by atoms with Crippen molar-refractivity contribution in [2.45, 2.75) is 19.5 Å². The molecule has 0 radical (unpaired) electrons. The molecule has 8 heteroatoms. The van der Waals surface area contributed by atoms with Crippen LogP contribution in [0.25, 0.3) is 11.2 Å². The first-order chi connectivity index (χ1) is 11.5. The number of hydrogen-bond acceptors (Lipinski definition) is 4. The summed E-state index contributed by atoms with van der Waals surface area (Å²) < 4.78 is 3.71. The third-order valence-corrected chi connectivity index (χ3v) is 4.17. The highest BCUT2D eigenvalue weighted by molar-refractivity contribution is 6.29. The Balaban J connectivity index is 2.16. The quantitative estimate of drug-likeness (QED) is 0.668. The van der Waals surface area contributed by atoms with Gasteiger partial charge in [0, 0.05) is 13.6 Å². The molecule has 0 bridgehead atoms. The average molecular weight is 344 g/mol. The molecule has 0 spiro atoms. The van der Waals surface area contributed by atoms with Gasteiger partial charge in [-0.05, 0) is 23.6 Å². The summed E-state index contributed by atoms with van der Waals surface area (Å²) in [5, 5.41) is 9.05. The SMILES string of the molecule is Cn1c(=O)c2c(nc(Cl)n2CCc2ccccc2)n(CC#N)c1=O. The number of aryl methyl sites for hydroxylation is 2. The predicted molar refractivity (Wildman–Crippen MR) is 90.0 cm³/mol. The zero-order valence-electron chi connectivity index (χ0n) is 12.9. The summed E-state index contributed by atoms with van der Waals surface area (Å²) in [6.45, 7) is 0.245. The second-order valence-electron chi connectivity index (χ2n) is 5.33. The average Bonchev–Trinajstić information content (AvgIpc) is 2.92. The number of nitriles is 1. The van der Waals surface area contributed by atoms with Gasteiger partial charge >= 0.3 is 5.69 Å². The van der Waals surface area contributed by atoms with Crippen molar-refractivity contribution in [1.29, 1.82) is 5.26 Å². The number of benzene rings is 1. The van der Waals surface area contributed by atoms with Gasteiger partial charge in [0.25, 0.3) is 5.56 Å². The highest BCUT2D eigenvalue weighted by Gasteiger charge is 2.19. The van der Waals surface area contributed by atoms with E-state index in [0.29, 0.717) is 13.0 Å². The fourth-order valence-corrected chi connectivity index (χ4v) is 2.88. The molecule has 0 saturated carbocycles. The number of nitrogens with zero attached hydrogens (tertiary/aromatic N) is 5. The molecule has 0 aliphatic rings. The zero-order chi connectivity index (χ0) is 17.3. The Kier molecular flexibility index (Phi) is 4.23. The molecule has 0 aliphatic carbocycles. The number of hydrogen-bond donors (Lipinski definition) is 0. The minimum absolute atomic E-state index is 0.121. The van der Waals surface area contributed by atoms with Crippen molar-refractivity contribution in [3.05, 3.63) is 62.0 Å². The van der Waals surface area contributed by atoms with Crippen LogP contribution in [0.15, 0.2) is 39.9 Å². The zero-order valence-corrected chi connectivity index (χ0v) is 13.7. The van der Waals surface area contributed by atoms with Crippen LogP contribution < -0.4 is 11.2 Å². The van der Waals surface area contributed by atoms with Gasteiger partial charge in [-0.15, -0.1) is 0 Å². The largest absolute Gasteiger partial charge is 0.333 e. The van der Waals surface area contributed by atoms with Crippen LogP contribution in [0, 0.1) is 11.3 Å². The highest BCUT2D eigenvalue weighted by Crippen LogP contribution is 2.17. The summed E-state index contributed by atoms with van der Waals surface area (Å²) >= 11 is 6.19. The van der Waals surface area contributed by atoms with E-state index in [0.717, 1.165) is 14.7 Å². The molecular weight excluding hydrogens is 330 g/mol. The van der Waals surface area contributed by atoms with Crippen molar-refractivity contribution in [1.82, 2.24) is 18.7 Å². The summed E-state index contributed by atoms with van der Waals surface area (Å²) in [5.74, 6) is 0. The van der Waals surface area contributed by atoms with Crippen LogP contribution in [0.1, 0.15) is 5.56 Å². The third kappa shape index (κ3) is 2.61. The summed E-state index contributed by atoms with van der Waals surface area (Å²) in [6.07, 6.45) is 0.659. The molecule has 2 aromatic heterocycles. The van der Waals surface area contributed by atoms with E-state index in [2.05, 4.69) is 4.98 Å². The first-order valence-electron chi connectivity index (χ1n) is 7.31. The minimum Gasteiger partial charge on any atom is -0.308 e. The van der Waals surface area contributed by atoms with E-state index in [9.17, 15) is 9.59 Å². The predicted octanol–water partition coefficient (Wildman–Crippen LogP) is 1.32. The normalized spacial score (nSPS) is 10.9. The van der Waals surface area contributed by atoms with Crippen LogP contribution in [0.2, 0.25) is 5.28 Å². The molecule has 0 amide bonds. The van der Waals surface area contributed by atoms with Gasteiger partial charge in [-0.1, -0.05) is 30.3 Å². The third-order valence-electron chi connectivity index (χ3n) is 3.88. The number of imidazole rings is 1. The van der Waals surface area contributed by atoms with E-state index in [4.69, 9.17) is 16.9 Å². The molecule has 3 rings (SSSR count). The second-order valence-corrected chi connectivity index (χ2v) is 5.67. The van der Waals surface area contributed by atoms with Gasteiger partial charge in [-0.25, -0.2) is 4.79 Å². The number of rotatable bonds is 4. The summed E-state index contributed by atoms with van der Waals surface area (Å²) in [4.78, 5) is 28.8. The Morgan fingerprint density at radius 2 is 1.92 bits per heavy atom. The van der Waals surface area contributed by atoms with E-state index < -0.39 is 11.2 Å². The monoisotopic (exact) mass is 343 g/mol. The van der Waals surface area contributed by atoms with Crippen molar-refractivity contribution >= 4 is 22.8 Å². The highest BCUT2D eigenvalue weighted by atomic mass is 35.5. The molecule has 0 fully saturated rings. The Hall–Kier alpha value is -2.85. The Bertz CT molecular complexity index is 1060. The lowest BCUT2D eigenvalue weighted by molar-refractivity contribution is 0.669. The molecule has 2 heterocycles. The van der Waals surface area contributed by atoms with Crippen LogP contribution in [0.4, 0.5) is 0 Å². The van der Waals surface area contributed by atoms with Crippen LogP contribution in [0.3, 0.4) is 0 Å². The molecule has 0 N–H and O–H groups in total. The lowest BCUT2D eigenvalue weighted by Gasteiger charge is -2.08. The first kappa shape index (κ1) is 16.0. The smallest absolute Gasteiger partial charge is 0.308 e. The maximum atomic E-state index is 12.5. The van der Waals surface area contributed by atoms with Gasteiger partial charge in [0.1, 0.15) is 6.54 Å². The second kappa shape index (κ2) is 6.34. The van der Waals surface area contributed by atoms with E-state index in [1.807, 2.05) is 36.4 Å². The lowest BCUT2D eigenvalue weighted by Crippen LogP contribution is -2.38. The van der Waals surface area contributed by atoms with Crippen LogP contribution in [-0.4, -0.2) is 18.7 Å². The molecule has 3 aromatic rings. The number of aromatic nitrogens is 4. The molecule has 0 saturated heterocycles. The molecule has 0 aliphatic heterocycles. The summed E-state index contributed by atoms with van der Waals surface area (Å²) in [6, 6.07) is 11.7. The van der Waals surface area contributed by atoms with Crippen molar-refractivity contribution < 1.29 is 0 Å². The molecule has 24 heavy (non-hydrogen) atoms. The van der Waals surface area contributed by atoms with Gasteiger partial charge in [0.05, 0.1) is 6.07 Å². The van der Waals surface area contributed by atoms with Gasteiger partial charge in [-0.2, -0.15) is 10.2 Å². The van der Waals surface area contributed by atoms with Crippen molar-refractivity contribution in [3.8, 4) is 6.07 Å². The van der Waals surface area contributed by atoms with E-state index in [-0.39, 0.29) is 23.0 Å². The molecule has 0 unspecified atom stereocenters. The summed E-state index contributed by atoms with van der Waals surface area (Å²) in [7, 11) is 1.38. The Morgan fingerprint density at radius 3 is 2.58 bits per heavy atom. The lowest BCUT2D eigenvalue weighted by atomic mass is 10.1. The molecule has 122 valence electrons. The Morgan fingerprint density at radius 1 is 1.21 bits per heavy atom. The standard InChI is InChI=1S/C16H14ClN5O2/c1-20-14(23)12-13(22(10-8-18)16(20)24)19-15(17)21(12)9-7-11-5-3-2-4-6-11/h2-6H,7,9-10H2,1H3. The topological polar surface area (TPSA) is 85.6 Å². The number of halogens is 1. The summed E-state index contributed by atoms with van der Waals surface area (Å²) in [5.41, 5.74) is 0.406. The number of fused-ring (bicyclic) bond motifs is 1. The van der Waals surface area contributed by atoms with Crippen molar-refractivity contribution in [3.63, 3.8) is 0 Å².